The number of aromatic nitrogens is 2. The Kier molecular flexibility index (Phi) is 3.59. The molecular formula is C18H18FN3O. The average molecular weight is 311 g/mol. The number of likely N-dealkylation sites (tertiary alicyclic amines) is 1. The first-order chi connectivity index (χ1) is 11.2. The van der Waals surface area contributed by atoms with Gasteiger partial charge in [-0.25, -0.2) is 9.37 Å². The fourth-order valence-corrected chi connectivity index (χ4v) is 3.36. The van der Waals surface area contributed by atoms with Gasteiger partial charge < -0.3 is 9.51 Å². The van der Waals surface area contributed by atoms with Crippen molar-refractivity contribution in [1.29, 1.82) is 0 Å². The molecule has 0 amide bonds. The minimum Gasteiger partial charge on any atom is -0.392 e. The van der Waals surface area contributed by atoms with Crippen molar-refractivity contribution in [2.75, 3.05) is 6.54 Å². The van der Waals surface area contributed by atoms with Crippen LogP contribution < -0.4 is 0 Å². The van der Waals surface area contributed by atoms with Crippen LogP contribution in [0.25, 0.3) is 5.65 Å². The molecule has 23 heavy (non-hydrogen) atoms. The molecule has 0 bridgehead atoms. The van der Waals surface area contributed by atoms with E-state index in [1.54, 1.807) is 12.1 Å². The number of hydrogen-bond donors (Lipinski definition) is 1. The molecule has 1 N–H and O–H groups in total. The molecule has 5 heteroatoms. The lowest BCUT2D eigenvalue weighted by Crippen LogP contribution is -2.24. The molecule has 4 nitrogen and oxygen atoms in total. The van der Waals surface area contributed by atoms with Gasteiger partial charge in [0, 0.05) is 31.5 Å². The van der Waals surface area contributed by atoms with Crippen LogP contribution in [0.5, 0.6) is 0 Å². The number of fused-ring (bicyclic) bond motifs is 1. The molecule has 2 aromatic heterocycles. The Morgan fingerprint density at radius 2 is 2.00 bits per heavy atom. The zero-order valence-electron chi connectivity index (χ0n) is 12.6. The molecule has 3 heterocycles. The number of pyridine rings is 1. The maximum Gasteiger partial charge on any atom is 0.137 e. The second-order valence-electron chi connectivity index (χ2n) is 6.08. The van der Waals surface area contributed by atoms with E-state index in [-0.39, 0.29) is 18.0 Å². The summed E-state index contributed by atoms with van der Waals surface area (Å²) in [5, 5.41) is 10.1. The Bertz CT molecular complexity index is 782. The summed E-state index contributed by atoms with van der Waals surface area (Å²) in [6.07, 6.45) is 4.30. The number of halogens is 1. The fraction of sp³-hybridized carbons (Fsp3) is 0.278. The van der Waals surface area contributed by atoms with Crippen LogP contribution in [0, 0.1) is 5.82 Å². The van der Waals surface area contributed by atoms with Gasteiger partial charge in [-0.1, -0.05) is 18.2 Å². The van der Waals surface area contributed by atoms with Gasteiger partial charge in [-0.15, -0.1) is 0 Å². The van der Waals surface area contributed by atoms with Gasteiger partial charge in [0.2, 0.25) is 0 Å². The summed E-state index contributed by atoms with van der Waals surface area (Å²) in [5.74, 6) is -0.237. The number of hydrogen-bond acceptors (Lipinski definition) is 3. The minimum atomic E-state index is -0.359. The van der Waals surface area contributed by atoms with E-state index in [1.807, 2.05) is 35.0 Å². The van der Waals surface area contributed by atoms with E-state index < -0.39 is 0 Å². The molecule has 4 rings (SSSR count). The van der Waals surface area contributed by atoms with Gasteiger partial charge >= 0.3 is 0 Å². The summed E-state index contributed by atoms with van der Waals surface area (Å²) in [4.78, 5) is 6.83. The third-order valence-electron chi connectivity index (χ3n) is 4.42. The molecule has 2 atom stereocenters. The molecule has 1 saturated heterocycles. The Labute approximate surface area is 133 Å². The zero-order chi connectivity index (χ0) is 15.8. The maximum absolute atomic E-state index is 13.1. The van der Waals surface area contributed by atoms with Gasteiger partial charge in [0.15, 0.2) is 0 Å². The first-order valence-electron chi connectivity index (χ1n) is 7.79. The van der Waals surface area contributed by atoms with E-state index in [0.29, 0.717) is 19.5 Å². The highest BCUT2D eigenvalue weighted by Crippen LogP contribution is 2.33. The quantitative estimate of drug-likeness (QED) is 0.808. The molecule has 118 valence electrons. The lowest BCUT2D eigenvalue weighted by atomic mass is 10.0. The van der Waals surface area contributed by atoms with Crippen molar-refractivity contribution in [3.63, 3.8) is 0 Å². The van der Waals surface area contributed by atoms with Crippen molar-refractivity contribution in [3.05, 3.63) is 71.9 Å². The van der Waals surface area contributed by atoms with Gasteiger partial charge in [0.1, 0.15) is 11.5 Å². The van der Waals surface area contributed by atoms with Crippen molar-refractivity contribution in [1.82, 2.24) is 14.3 Å². The molecule has 0 spiro atoms. The number of rotatable bonds is 3. The first kappa shape index (κ1) is 14.4. The molecule has 0 saturated carbocycles. The van der Waals surface area contributed by atoms with Gasteiger partial charge in [0.05, 0.1) is 11.8 Å². The number of nitrogens with zero attached hydrogens (tertiary/aromatic N) is 3. The number of β-amino-alcohol motifs (C(OH)–C–C–N with tert-alkyl or cyclic N) is 1. The SMILES string of the molecule is O[C@@H]1C[C@@H](c2ccc(F)cc2)N(Cc2cn3ccccc3n2)C1. The second-order valence-corrected chi connectivity index (χ2v) is 6.08. The molecule has 3 aromatic rings. The van der Waals surface area contributed by atoms with Crippen LogP contribution in [-0.4, -0.2) is 32.0 Å². The average Bonchev–Trinajstić information content (AvgIpc) is 3.11. The summed E-state index contributed by atoms with van der Waals surface area (Å²) in [7, 11) is 0. The maximum atomic E-state index is 13.1. The Hall–Kier alpha value is -2.24. The Morgan fingerprint density at radius 1 is 1.17 bits per heavy atom. The third kappa shape index (κ3) is 2.85. The Balaban J connectivity index is 1.59. The largest absolute Gasteiger partial charge is 0.392 e. The molecule has 0 aliphatic carbocycles. The van der Waals surface area contributed by atoms with Crippen molar-refractivity contribution in [2.45, 2.75) is 25.1 Å². The predicted molar refractivity (Wildman–Crippen MR) is 85.4 cm³/mol. The Morgan fingerprint density at radius 3 is 2.78 bits per heavy atom. The monoisotopic (exact) mass is 311 g/mol. The molecular weight excluding hydrogens is 293 g/mol. The van der Waals surface area contributed by atoms with Gasteiger partial charge in [-0.3, -0.25) is 4.90 Å². The van der Waals surface area contributed by atoms with Crippen LogP contribution in [0.15, 0.2) is 54.9 Å². The molecule has 1 aliphatic rings. The number of aliphatic hydroxyl groups is 1. The number of imidazole rings is 1. The molecule has 1 aliphatic heterocycles. The highest BCUT2D eigenvalue weighted by atomic mass is 19.1. The van der Waals surface area contributed by atoms with E-state index in [4.69, 9.17) is 0 Å². The molecule has 0 unspecified atom stereocenters. The van der Waals surface area contributed by atoms with Gasteiger partial charge in [-0.2, -0.15) is 0 Å². The van der Waals surface area contributed by atoms with Crippen molar-refractivity contribution >= 4 is 5.65 Å². The molecule has 1 fully saturated rings. The lowest BCUT2D eigenvalue weighted by molar-refractivity contribution is 0.172. The van der Waals surface area contributed by atoms with Crippen LogP contribution >= 0.6 is 0 Å². The normalized spacial score (nSPS) is 22.0. The highest BCUT2D eigenvalue weighted by molar-refractivity contribution is 5.39. The summed E-state index contributed by atoms with van der Waals surface area (Å²) in [5.41, 5.74) is 2.92. The summed E-state index contributed by atoms with van der Waals surface area (Å²) in [6, 6.07) is 12.6. The second kappa shape index (κ2) is 5.76. The van der Waals surface area contributed by atoms with E-state index in [1.165, 1.54) is 12.1 Å². The van der Waals surface area contributed by atoms with Gasteiger partial charge in [0.25, 0.3) is 0 Å². The number of aliphatic hydroxyl groups excluding tert-OH is 1. The van der Waals surface area contributed by atoms with Crippen LogP contribution in [0.1, 0.15) is 23.7 Å². The van der Waals surface area contributed by atoms with E-state index in [2.05, 4.69) is 9.88 Å². The summed E-state index contributed by atoms with van der Waals surface area (Å²) in [6.45, 7) is 1.27. The highest BCUT2D eigenvalue weighted by Gasteiger charge is 2.32. The molecule has 0 radical (unpaired) electrons. The summed E-state index contributed by atoms with van der Waals surface area (Å²) >= 11 is 0. The zero-order valence-corrected chi connectivity index (χ0v) is 12.6. The van der Waals surface area contributed by atoms with E-state index in [0.717, 1.165) is 16.9 Å². The third-order valence-corrected chi connectivity index (χ3v) is 4.42. The first-order valence-corrected chi connectivity index (χ1v) is 7.79. The number of benzene rings is 1. The summed E-state index contributed by atoms with van der Waals surface area (Å²) < 4.78 is 15.1. The topological polar surface area (TPSA) is 40.8 Å². The minimum absolute atomic E-state index is 0.0930. The fourth-order valence-electron chi connectivity index (χ4n) is 3.36. The van der Waals surface area contributed by atoms with Gasteiger partial charge in [-0.05, 0) is 36.2 Å². The van der Waals surface area contributed by atoms with Crippen LogP contribution in [0.4, 0.5) is 4.39 Å². The van der Waals surface area contributed by atoms with Crippen LogP contribution in [-0.2, 0) is 6.54 Å². The van der Waals surface area contributed by atoms with Crippen LogP contribution in [0.2, 0.25) is 0 Å². The van der Waals surface area contributed by atoms with Crippen molar-refractivity contribution in [3.8, 4) is 0 Å². The smallest absolute Gasteiger partial charge is 0.137 e. The predicted octanol–water partition coefficient (Wildman–Crippen LogP) is 2.78. The standard InChI is InChI=1S/C18H18FN3O/c19-14-6-4-13(5-7-14)17-9-16(23)12-22(17)11-15-10-21-8-2-1-3-18(21)20-15/h1-8,10,16-17,23H,9,11-12H2/t16-,17+/m1/s1. The lowest BCUT2D eigenvalue weighted by Gasteiger charge is -2.23. The van der Waals surface area contributed by atoms with E-state index >= 15 is 0 Å². The van der Waals surface area contributed by atoms with E-state index in [9.17, 15) is 9.50 Å². The van der Waals surface area contributed by atoms with Crippen LogP contribution in [0.3, 0.4) is 0 Å². The van der Waals surface area contributed by atoms with Crippen molar-refractivity contribution < 1.29 is 9.50 Å². The molecule has 1 aromatic carbocycles. The van der Waals surface area contributed by atoms with Crippen molar-refractivity contribution in [2.24, 2.45) is 0 Å².